The minimum Gasteiger partial charge on any atom is -0.822 e. The highest BCUT2D eigenvalue weighted by atomic mass is 32.1. The molecule has 3 heterocycles. The average Bonchev–Trinajstić information content (AvgIpc) is 4.54. The standard InChI is InChI=1S/3C21H27N6S.H3O4P/c3*1-5-26(15-16-27(2,3)4)19-13-11-18(12-14-19)23-24-21-22-20(25-28-21)17-9-7-6-8-10-17;1-5(2,3)4/h3*6-14H,5,15-16H2,1-4H3;(H3,1,2,3,4)/q3*+1;/p-3. The number of quaternary nitrogens is 3. The number of azo groups is 3. The van der Waals surface area contributed by atoms with Crippen LogP contribution >= 0.6 is 42.4 Å². The Labute approximate surface area is 536 Å². The topological polar surface area (TPSA) is 247 Å². The number of hydrogen-bond donors (Lipinski definition) is 0. The van der Waals surface area contributed by atoms with E-state index in [1.807, 2.05) is 127 Å². The van der Waals surface area contributed by atoms with Crippen molar-refractivity contribution in [2.24, 2.45) is 30.7 Å². The molecule has 22 nitrogen and oxygen atoms in total. The lowest BCUT2D eigenvalue weighted by Gasteiger charge is -2.36. The molecule has 0 saturated carbocycles. The van der Waals surface area contributed by atoms with Crippen molar-refractivity contribution < 1.29 is 32.7 Å². The normalized spacial score (nSPS) is 11.9. The molecule has 26 heteroatoms. The third-order valence-corrected chi connectivity index (χ3v) is 14.8. The fourth-order valence-corrected chi connectivity index (χ4v) is 9.60. The van der Waals surface area contributed by atoms with Crippen molar-refractivity contribution in [1.29, 1.82) is 0 Å². The lowest BCUT2D eigenvalue weighted by molar-refractivity contribution is -0.868. The second-order valence-electron chi connectivity index (χ2n) is 23.2. The van der Waals surface area contributed by atoms with Gasteiger partial charge >= 0.3 is 0 Å². The number of rotatable bonds is 24. The molecule has 0 spiro atoms. The predicted molar refractivity (Wildman–Crippen MR) is 358 cm³/mol. The van der Waals surface area contributed by atoms with Crippen LogP contribution in [0.15, 0.2) is 194 Å². The summed E-state index contributed by atoms with van der Waals surface area (Å²) in [6.07, 6.45) is 0. The monoisotopic (exact) mass is 1280 g/mol. The van der Waals surface area contributed by atoms with Crippen LogP contribution in [0.4, 0.5) is 49.5 Å². The van der Waals surface area contributed by atoms with Crippen molar-refractivity contribution in [2.45, 2.75) is 20.8 Å². The zero-order valence-electron chi connectivity index (χ0n) is 52.8. The van der Waals surface area contributed by atoms with Crippen molar-refractivity contribution in [1.82, 2.24) is 28.1 Å². The smallest absolute Gasteiger partial charge is 0.249 e. The molecule has 0 aliphatic carbocycles. The minimum absolute atomic E-state index is 0.557. The van der Waals surface area contributed by atoms with Crippen molar-refractivity contribution in [2.75, 3.05) is 137 Å². The second kappa shape index (κ2) is 34.2. The Morgan fingerprint density at radius 3 is 0.798 bits per heavy atom. The van der Waals surface area contributed by atoms with Crippen LogP contribution in [0.25, 0.3) is 34.2 Å². The van der Waals surface area contributed by atoms with E-state index in [0.29, 0.717) is 32.9 Å². The number of aromatic nitrogens is 6. The molecule has 0 bridgehead atoms. The summed E-state index contributed by atoms with van der Waals surface area (Å²) in [5, 5.41) is 27.3. The molecule has 0 amide bonds. The SMILES string of the molecule is CCN(CC[N+](C)(C)C)c1ccc(N=Nc2nc(-c3ccccc3)ns2)cc1.CCN(CC[N+](C)(C)C)c1ccc(N=Nc2nc(-c3ccccc3)ns2)cc1.CCN(CC[N+](C)(C)C)c1ccc(N=Nc2nc(-c3ccccc3)ns2)cc1.O=P([O-])([O-])[O-]. The van der Waals surface area contributed by atoms with Gasteiger partial charge in [0.1, 0.15) is 0 Å². The van der Waals surface area contributed by atoms with Crippen molar-refractivity contribution in [3.8, 4) is 34.2 Å². The first-order valence-corrected chi connectivity index (χ1v) is 32.7. The predicted octanol–water partition coefficient (Wildman–Crippen LogP) is 12.6. The molecule has 0 radical (unpaired) electrons. The summed E-state index contributed by atoms with van der Waals surface area (Å²) < 4.78 is 24.5. The zero-order chi connectivity index (χ0) is 64.5. The Morgan fingerprint density at radius 2 is 0.596 bits per heavy atom. The molecule has 3 aromatic heterocycles. The largest absolute Gasteiger partial charge is 0.822 e. The summed E-state index contributed by atoms with van der Waals surface area (Å²) in [6, 6.07) is 54.2. The van der Waals surface area contributed by atoms with Gasteiger partial charge in [0.05, 0.1) is 120 Å². The van der Waals surface area contributed by atoms with Gasteiger partial charge in [0, 0.05) is 88.0 Å². The van der Waals surface area contributed by atoms with E-state index >= 15 is 0 Å². The van der Waals surface area contributed by atoms with Crippen molar-refractivity contribution >= 4 is 91.9 Å². The van der Waals surface area contributed by atoms with E-state index in [1.54, 1.807) is 0 Å². The summed E-state index contributed by atoms with van der Waals surface area (Å²) in [5.41, 5.74) is 8.99. The van der Waals surface area contributed by atoms with Crippen LogP contribution in [0.3, 0.4) is 0 Å². The summed E-state index contributed by atoms with van der Waals surface area (Å²) >= 11 is 3.76. The molecule has 0 atom stereocenters. The van der Waals surface area contributed by atoms with Crippen LogP contribution < -0.4 is 29.4 Å². The first-order chi connectivity index (χ1) is 42.3. The van der Waals surface area contributed by atoms with E-state index in [2.05, 4.69) is 194 Å². The third-order valence-electron chi connectivity index (χ3n) is 13.0. The van der Waals surface area contributed by atoms with Crippen LogP contribution in [0.1, 0.15) is 20.8 Å². The van der Waals surface area contributed by atoms with Crippen LogP contribution in [0, 0.1) is 0 Å². The van der Waals surface area contributed by atoms with Gasteiger partial charge in [-0.2, -0.15) is 35.9 Å². The highest BCUT2D eigenvalue weighted by Gasteiger charge is 2.15. The molecule has 6 aromatic carbocycles. The van der Waals surface area contributed by atoms with Gasteiger partial charge in [-0.25, -0.2) is 0 Å². The minimum atomic E-state index is -5.39. The Balaban J connectivity index is 0.000000205. The van der Waals surface area contributed by atoms with Gasteiger partial charge in [-0.05, 0) is 93.6 Å². The lowest BCUT2D eigenvalue weighted by Crippen LogP contribution is -2.42. The number of hydrogen-bond acceptors (Lipinski definition) is 22. The maximum atomic E-state index is 8.55. The lowest BCUT2D eigenvalue weighted by atomic mass is 10.2. The van der Waals surface area contributed by atoms with Crippen molar-refractivity contribution in [3.05, 3.63) is 164 Å². The first-order valence-electron chi connectivity index (χ1n) is 29.0. The van der Waals surface area contributed by atoms with E-state index in [1.165, 1.54) is 51.7 Å². The van der Waals surface area contributed by atoms with Gasteiger partial charge in [-0.3, -0.25) is 0 Å². The second-order valence-corrected chi connectivity index (χ2v) is 26.3. The highest BCUT2D eigenvalue weighted by Crippen LogP contribution is 2.30. The maximum absolute atomic E-state index is 8.55. The van der Waals surface area contributed by atoms with E-state index in [9.17, 15) is 0 Å². The molecule has 0 aliphatic rings. The van der Waals surface area contributed by atoms with Gasteiger partial charge in [-0.15, -0.1) is 30.7 Å². The molecule has 0 saturated heterocycles. The van der Waals surface area contributed by atoms with Crippen molar-refractivity contribution in [3.63, 3.8) is 0 Å². The molecule has 0 fully saturated rings. The molecular weight excluding hydrogens is 1200 g/mol. The van der Waals surface area contributed by atoms with Gasteiger partial charge in [0.25, 0.3) is 0 Å². The zero-order valence-corrected chi connectivity index (χ0v) is 56.2. The average molecular weight is 1280 g/mol. The van der Waals surface area contributed by atoms with E-state index in [4.69, 9.17) is 19.2 Å². The molecule has 470 valence electrons. The summed E-state index contributed by atoms with van der Waals surface area (Å²) in [6.45, 7) is 15.8. The molecule has 0 unspecified atom stereocenters. The number of likely N-dealkylation sites (N-methyl/N-ethyl adjacent to an activating group) is 6. The number of phosphoric acid groups is 1. The molecular formula is C63H81N18O4PS3. The molecule has 9 rings (SSSR count). The van der Waals surface area contributed by atoms with E-state index < -0.39 is 7.82 Å². The molecule has 89 heavy (non-hydrogen) atoms. The Bertz CT molecular complexity index is 3250. The van der Waals surface area contributed by atoms with Crippen LogP contribution in [-0.2, 0) is 4.57 Å². The van der Waals surface area contributed by atoms with Crippen LogP contribution in [-0.4, -0.2) is 164 Å². The number of anilines is 3. The summed E-state index contributed by atoms with van der Waals surface area (Å²) in [7, 11) is 14.6. The van der Waals surface area contributed by atoms with Gasteiger partial charge in [0.15, 0.2) is 17.5 Å². The molecule has 9 aromatic rings. The summed E-state index contributed by atoms with van der Waals surface area (Å²) in [5.74, 6) is 2.06. The van der Waals surface area contributed by atoms with Gasteiger partial charge < -0.3 is 47.4 Å². The van der Waals surface area contributed by atoms with E-state index in [0.717, 1.165) is 106 Å². The van der Waals surface area contributed by atoms with Crippen LogP contribution in [0.5, 0.6) is 0 Å². The Morgan fingerprint density at radius 1 is 0.371 bits per heavy atom. The number of nitrogens with zero attached hydrogens (tertiary/aromatic N) is 18. The van der Waals surface area contributed by atoms with E-state index in [-0.39, 0.29) is 0 Å². The van der Waals surface area contributed by atoms with Gasteiger partial charge in [-0.1, -0.05) is 91.0 Å². The Hall–Kier alpha value is -7.81. The summed E-state index contributed by atoms with van der Waals surface area (Å²) in [4.78, 5) is 46.1. The highest BCUT2D eigenvalue weighted by molar-refractivity contribution is 7.40. The maximum Gasteiger partial charge on any atom is 0.249 e. The molecule has 0 aliphatic heterocycles. The van der Waals surface area contributed by atoms with Gasteiger partial charge in [0.2, 0.25) is 15.4 Å². The Kier molecular flexibility index (Phi) is 27.0. The fraction of sp³-hybridized carbons (Fsp3) is 0.333. The quantitative estimate of drug-likeness (QED) is 0.0310. The first kappa shape index (κ1) is 70.3. The van der Waals surface area contributed by atoms with Crippen LogP contribution in [0.2, 0.25) is 0 Å². The number of benzene rings is 6. The fourth-order valence-electron chi connectivity index (χ4n) is 8.05. The third kappa shape index (κ3) is 26.4. The molecule has 0 N–H and O–H groups in total.